The minimum atomic E-state index is -3.87. The van der Waals surface area contributed by atoms with Gasteiger partial charge in [-0.15, -0.1) is 11.3 Å². The van der Waals surface area contributed by atoms with Gasteiger partial charge in [0.2, 0.25) is 15.9 Å². The van der Waals surface area contributed by atoms with Crippen molar-refractivity contribution < 1.29 is 13.2 Å². The van der Waals surface area contributed by atoms with Gasteiger partial charge in [0.25, 0.3) is 0 Å². The molecule has 180 valence electrons. The van der Waals surface area contributed by atoms with Crippen LogP contribution in [0.1, 0.15) is 35.4 Å². The molecule has 2 heterocycles. The van der Waals surface area contributed by atoms with E-state index in [0.717, 1.165) is 22.9 Å². The standard InChI is InChI=1S/C28H28N2O3S2/c1-2-17-29(35(32,33)26-14-8-12-21-9-6-7-13-23(21)26)20-27(31)30-18-15-25-24(16-19-34-25)28(30)22-10-4-3-5-11-22/h3-14,16,19,28H,2,15,17-18,20H2,1H3/t28-/m1/s1. The van der Waals surface area contributed by atoms with Gasteiger partial charge in [0.15, 0.2) is 0 Å². The number of benzene rings is 3. The van der Waals surface area contributed by atoms with Crippen LogP contribution in [0.25, 0.3) is 10.8 Å². The Morgan fingerprint density at radius 3 is 2.54 bits per heavy atom. The van der Waals surface area contributed by atoms with Gasteiger partial charge in [-0.1, -0.05) is 73.7 Å². The van der Waals surface area contributed by atoms with Crippen LogP contribution in [0, 0.1) is 0 Å². The van der Waals surface area contributed by atoms with Crippen molar-refractivity contribution in [3.63, 3.8) is 0 Å². The molecule has 1 amide bonds. The number of fused-ring (bicyclic) bond motifs is 2. The number of amides is 1. The summed E-state index contributed by atoms with van der Waals surface area (Å²) in [4.78, 5) is 17.2. The van der Waals surface area contributed by atoms with E-state index in [-0.39, 0.29) is 29.9 Å². The van der Waals surface area contributed by atoms with E-state index in [1.165, 1.54) is 9.18 Å². The number of sulfonamides is 1. The zero-order chi connectivity index (χ0) is 24.4. The Morgan fingerprint density at radius 2 is 1.74 bits per heavy atom. The Morgan fingerprint density at radius 1 is 1.00 bits per heavy atom. The minimum absolute atomic E-state index is 0.173. The number of carbonyl (C=O) groups excluding carboxylic acids is 1. The van der Waals surface area contributed by atoms with Gasteiger partial charge in [-0.2, -0.15) is 4.31 Å². The third-order valence-electron chi connectivity index (χ3n) is 6.55. The molecule has 1 aliphatic rings. The molecule has 7 heteroatoms. The molecule has 0 spiro atoms. The molecule has 0 radical (unpaired) electrons. The lowest BCUT2D eigenvalue weighted by atomic mass is 9.93. The molecule has 1 aromatic heterocycles. The fraction of sp³-hybridized carbons (Fsp3) is 0.250. The highest BCUT2D eigenvalue weighted by molar-refractivity contribution is 7.89. The van der Waals surface area contributed by atoms with Crippen LogP contribution in [-0.4, -0.2) is 43.2 Å². The Hall–Kier alpha value is -3.00. The molecule has 3 aromatic carbocycles. The average Bonchev–Trinajstić information content (AvgIpc) is 3.37. The molecule has 0 bridgehead atoms. The zero-order valence-electron chi connectivity index (χ0n) is 19.6. The van der Waals surface area contributed by atoms with Crippen LogP contribution in [-0.2, 0) is 21.2 Å². The molecule has 0 aliphatic carbocycles. The van der Waals surface area contributed by atoms with Crippen LogP contribution in [0.2, 0.25) is 0 Å². The summed E-state index contributed by atoms with van der Waals surface area (Å²) in [6, 6.07) is 24.6. The van der Waals surface area contributed by atoms with Gasteiger partial charge in [0.1, 0.15) is 0 Å². The maximum atomic E-state index is 13.8. The van der Waals surface area contributed by atoms with Crippen molar-refractivity contribution in [1.82, 2.24) is 9.21 Å². The molecule has 5 rings (SSSR count). The van der Waals surface area contributed by atoms with Crippen molar-refractivity contribution in [2.45, 2.75) is 30.7 Å². The van der Waals surface area contributed by atoms with Gasteiger partial charge in [0, 0.05) is 23.4 Å². The second-order valence-corrected chi connectivity index (χ2v) is 11.7. The van der Waals surface area contributed by atoms with Crippen molar-refractivity contribution in [2.24, 2.45) is 0 Å². The maximum absolute atomic E-state index is 13.8. The van der Waals surface area contributed by atoms with E-state index < -0.39 is 10.0 Å². The Labute approximate surface area is 210 Å². The molecular formula is C28H28N2O3S2. The van der Waals surface area contributed by atoms with Crippen LogP contribution in [0.15, 0.2) is 89.1 Å². The molecule has 0 saturated heterocycles. The third kappa shape index (κ3) is 4.51. The SMILES string of the molecule is CCCN(CC(=O)N1CCc2sccc2[C@H]1c1ccccc1)S(=O)(=O)c1cccc2ccccc12. The minimum Gasteiger partial charge on any atom is -0.330 e. The van der Waals surface area contributed by atoms with Crippen LogP contribution < -0.4 is 0 Å². The molecule has 0 N–H and O–H groups in total. The third-order valence-corrected chi connectivity index (χ3v) is 9.45. The van der Waals surface area contributed by atoms with Crippen molar-refractivity contribution in [1.29, 1.82) is 0 Å². The summed E-state index contributed by atoms with van der Waals surface area (Å²) in [5, 5.41) is 3.61. The Kier molecular flexibility index (Phi) is 6.73. The monoisotopic (exact) mass is 504 g/mol. The lowest BCUT2D eigenvalue weighted by Gasteiger charge is -2.37. The van der Waals surface area contributed by atoms with Crippen molar-refractivity contribution >= 4 is 38.0 Å². The van der Waals surface area contributed by atoms with Crippen LogP contribution in [0.5, 0.6) is 0 Å². The summed E-state index contributed by atoms with van der Waals surface area (Å²) in [5.41, 5.74) is 2.18. The molecule has 35 heavy (non-hydrogen) atoms. The fourth-order valence-corrected chi connectivity index (χ4v) is 7.51. The van der Waals surface area contributed by atoms with Crippen molar-refractivity contribution in [2.75, 3.05) is 19.6 Å². The lowest BCUT2D eigenvalue weighted by molar-refractivity contribution is -0.133. The van der Waals surface area contributed by atoms with Gasteiger partial charge in [-0.3, -0.25) is 4.79 Å². The molecule has 4 aromatic rings. The largest absolute Gasteiger partial charge is 0.330 e. The number of thiophene rings is 1. The van der Waals surface area contributed by atoms with E-state index in [0.29, 0.717) is 18.4 Å². The first-order chi connectivity index (χ1) is 17.0. The molecule has 0 unspecified atom stereocenters. The van der Waals surface area contributed by atoms with Crippen molar-refractivity contribution in [3.05, 3.63) is 100 Å². The predicted molar refractivity (Wildman–Crippen MR) is 141 cm³/mol. The second-order valence-electron chi connectivity index (χ2n) is 8.77. The van der Waals surface area contributed by atoms with E-state index in [9.17, 15) is 13.2 Å². The number of nitrogens with zero attached hydrogens (tertiary/aromatic N) is 2. The second kappa shape index (κ2) is 9.93. The molecule has 0 saturated carbocycles. The zero-order valence-corrected chi connectivity index (χ0v) is 21.3. The van der Waals surface area contributed by atoms with Gasteiger partial charge >= 0.3 is 0 Å². The molecule has 0 fully saturated rings. The van der Waals surface area contributed by atoms with Crippen LogP contribution in [0.4, 0.5) is 0 Å². The smallest absolute Gasteiger partial charge is 0.244 e. The summed E-state index contributed by atoms with van der Waals surface area (Å²) in [5.74, 6) is -0.173. The number of hydrogen-bond acceptors (Lipinski definition) is 4. The molecular weight excluding hydrogens is 476 g/mol. The van der Waals surface area contributed by atoms with Crippen molar-refractivity contribution in [3.8, 4) is 0 Å². The summed E-state index contributed by atoms with van der Waals surface area (Å²) < 4.78 is 29.0. The first-order valence-electron chi connectivity index (χ1n) is 11.9. The lowest BCUT2D eigenvalue weighted by Crippen LogP contribution is -2.46. The average molecular weight is 505 g/mol. The molecule has 5 nitrogen and oxygen atoms in total. The van der Waals surface area contributed by atoms with Crippen LogP contribution in [0.3, 0.4) is 0 Å². The molecule has 1 atom stereocenters. The quantitative estimate of drug-likeness (QED) is 0.335. The Bertz CT molecular complexity index is 1440. The van der Waals surface area contributed by atoms with Gasteiger partial charge < -0.3 is 4.90 Å². The number of carbonyl (C=O) groups is 1. The van der Waals surface area contributed by atoms with E-state index in [2.05, 4.69) is 11.4 Å². The van der Waals surface area contributed by atoms with E-state index in [1.807, 2.05) is 72.5 Å². The maximum Gasteiger partial charge on any atom is 0.244 e. The summed E-state index contributed by atoms with van der Waals surface area (Å²) in [6.45, 7) is 2.61. The van der Waals surface area contributed by atoms with E-state index in [1.54, 1.807) is 23.5 Å². The highest BCUT2D eigenvalue weighted by atomic mass is 32.2. The first-order valence-corrected chi connectivity index (χ1v) is 14.2. The topological polar surface area (TPSA) is 57.7 Å². The van der Waals surface area contributed by atoms with Gasteiger partial charge in [-0.05, 0) is 46.9 Å². The summed E-state index contributed by atoms with van der Waals surface area (Å²) >= 11 is 1.72. The Balaban J connectivity index is 1.49. The highest BCUT2D eigenvalue weighted by Crippen LogP contribution is 2.38. The first kappa shape index (κ1) is 23.7. The molecule has 1 aliphatic heterocycles. The number of hydrogen-bond donors (Lipinski definition) is 0. The van der Waals surface area contributed by atoms with E-state index >= 15 is 0 Å². The van der Waals surface area contributed by atoms with Crippen LogP contribution >= 0.6 is 11.3 Å². The van der Waals surface area contributed by atoms with Gasteiger partial charge in [-0.25, -0.2) is 8.42 Å². The summed E-state index contributed by atoms with van der Waals surface area (Å²) in [7, 11) is -3.87. The fourth-order valence-electron chi connectivity index (χ4n) is 4.91. The predicted octanol–water partition coefficient (Wildman–Crippen LogP) is 5.48. The van der Waals surface area contributed by atoms with Gasteiger partial charge in [0.05, 0.1) is 17.5 Å². The van der Waals surface area contributed by atoms with E-state index in [4.69, 9.17) is 0 Å². The normalized spacial score (nSPS) is 15.9. The highest BCUT2D eigenvalue weighted by Gasteiger charge is 2.35. The summed E-state index contributed by atoms with van der Waals surface area (Å²) in [6.07, 6.45) is 1.40. The number of rotatable bonds is 7.